The Morgan fingerprint density at radius 2 is 1.96 bits per heavy atom. The number of nitrogens with one attached hydrogen (secondary N) is 1. The number of rotatable bonds is 7. The van der Waals surface area contributed by atoms with Gasteiger partial charge < -0.3 is 5.32 Å². The van der Waals surface area contributed by atoms with Crippen molar-refractivity contribution < 1.29 is 4.79 Å². The first kappa shape index (κ1) is 18.5. The predicted octanol–water partition coefficient (Wildman–Crippen LogP) is 4.82. The quantitative estimate of drug-likeness (QED) is 0.706. The lowest BCUT2D eigenvalue weighted by atomic mass is 10.1. The Kier molecular flexibility index (Phi) is 6.57. The summed E-state index contributed by atoms with van der Waals surface area (Å²) >= 11 is 3.52. The van der Waals surface area contributed by atoms with Crippen molar-refractivity contribution in [2.45, 2.75) is 42.9 Å². The zero-order valence-corrected chi connectivity index (χ0v) is 16.5. The molecule has 1 aromatic heterocycles. The summed E-state index contributed by atoms with van der Waals surface area (Å²) in [5.41, 5.74) is 0.785. The molecule has 1 fully saturated rings. The lowest BCUT2D eigenvalue weighted by Crippen LogP contribution is -2.36. The summed E-state index contributed by atoms with van der Waals surface area (Å²) in [5, 5.41) is 5.77. The van der Waals surface area contributed by atoms with Crippen molar-refractivity contribution in [2.75, 3.05) is 19.6 Å². The summed E-state index contributed by atoms with van der Waals surface area (Å²) in [6.45, 7) is 7.22. The molecule has 3 nitrogen and oxygen atoms in total. The topological polar surface area (TPSA) is 32.3 Å². The Morgan fingerprint density at radius 3 is 2.64 bits per heavy atom. The monoisotopic (exact) mass is 374 g/mol. The molecule has 0 spiro atoms. The van der Waals surface area contributed by atoms with Crippen LogP contribution in [0.3, 0.4) is 0 Å². The third-order valence-corrected chi connectivity index (χ3v) is 6.46. The maximum Gasteiger partial charge on any atom is 0.252 e. The van der Waals surface area contributed by atoms with Crippen molar-refractivity contribution in [3.8, 4) is 0 Å². The Labute approximate surface area is 158 Å². The van der Waals surface area contributed by atoms with E-state index < -0.39 is 0 Å². The van der Waals surface area contributed by atoms with Crippen LogP contribution in [-0.4, -0.2) is 35.7 Å². The standard InChI is InChI=1S/C20H26N2OS2/c1-15(2)25-18-9-4-3-8-16(18)20(23)21-14-17(19-10-7-13-24-19)22-11-5-6-12-22/h3-4,7-10,13,15,17H,5-6,11-12,14H2,1-2H3,(H,21,23). The van der Waals surface area contributed by atoms with Crippen LogP contribution in [0.5, 0.6) is 0 Å². The highest BCUT2D eigenvalue weighted by atomic mass is 32.2. The lowest BCUT2D eigenvalue weighted by molar-refractivity contribution is 0.0935. The minimum atomic E-state index is 0.0319. The van der Waals surface area contributed by atoms with E-state index >= 15 is 0 Å². The fourth-order valence-corrected chi connectivity index (χ4v) is 5.05. The number of nitrogens with zero attached hydrogens (tertiary/aromatic N) is 1. The molecule has 0 radical (unpaired) electrons. The first-order valence-corrected chi connectivity index (χ1v) is 10.7. The molecule has 0 saturated carbocycles. The summed E-state index contributed by atoms with van der Waals surface area (Å²) in [6, 6.07) is 12.5. The van der Waals surface area contributed by atoms with E-state index in [-0.39, 0.29) is 11.9 Å². The molecule has 5 heteroatoms. The molecule has 1 aromatic carbocycles. The van der Waals surface area contributed by atoms with Gasteiger partial charge in [0.1, 0.15) is 0 Å². The van der Waals surface area contributed by atoms with Gasteiger partial charge in [0.25, 0.3) is 5.91 Å². The van der Waals surface area contributed by atoms with Gasteiger partial charge in [-0.25, -0.2) is 0 Å². The normalized spacial score (nSPS) is 16.3. The minimum absolute atomic E-state index is 0.0319. The van der Waals surface area contributed by atoms with Crippen molar-refractivity contribution in [1.82, 2.24) is 10.2 Å². The molecule has 1 saturated heterocycles. The van der Waals surface area contributed by atoms with Crippen LogP contribution >= 0.6 is 23.1 Å². The first-order valence-electron chi connectivity index (χ1n) is 8.96. The summed E-state index contributed by atoms with van der Waals surface area (Å²) in [4.78, 5) is 17.7. The predicted molar refractivity (Wildman–Crippen MR) is 108 cm³/mol. The van der Waals surface area contributed by atoms with Crippen LogP contribution in [0.4, 0.5) is 0 Å². The van der Waals surface area contributed by atoms with Gasteiger partial charge in [-0.2, -0.15) is 0 Å². The van der Waals surface area contributed by atoms with E-state index in [1.165, 1.54) is 17.7 Å². The number of amides is 1. The van der Waals surface area contributed by atoms with Gasteiger partial charge in [-0.05, 0) is 49.5 Å². The van der Waals surface area contributed by atoms with Crippen molar-refractivity contribution in [3.63, 3.8) is 0 Å². The Hall–Kier alpha value is -1.30. The minimum Gasteiger partial charge on any atom is -0.350 e. The molecule has 2 aromatic rings. The lowest BCUT2D eigenvalue weighted by Gasteiger charge is -2.27. The largest absolute Gasteiger partial charge is 0.350 e. The number of hydrogen-bond acceptors (Lipinski definition) is 4. The highest BCUT2D eigenvalue weighted by Crippen LogP contribution is 2.29. The van der Waals surface area contributed by atoms with Gasteiger partial charge in [0, 0.05) is 21.6 Å². The number of likely N-dealkylation sites (tertiary alicyclic amines) is 1. The van der Waals surface area contributed by atoms with Crippen LogP contribution in [0.25, 0.3) is 0 Å². The number of benzene rings is 1. The third kappa shape index (κ3) is 4.87. The smallest absolute Gasteiger partial charge is 0.252 e. The first-order chi connectivity index (χ1) is 12.1. The van der Waals surface area contributed by atoms with Gasteiger partial charge in [0.15, 0.2) is 0 Å². The molecular formula is C20H26N2OS2. The molecule has 25 heavy (non-hydrogen) atoms. The van der Waals surface area contributed by atoms with Crippen LogP contribution in [0.15, 0.2) is 46.7 Å². The van der Waals surface area contributed by atoms with Crippen molar-refractivity contribution in [1.29, 1.82) is 0 Å². The molecule has 1 amide bonds. The van der Waals surface area contributed by atoms with E-state index in [0.717, 1.165) is 23.5 Å². The highest BCUT2D eigenvalue weighted by Gasteiger charge is 2.25. The number of thioether (sulfide) groups is 1. The van der Waals surface area contributed by atoms with E-state index in [4.69, 9.17) is 0 Å². The van der Waals surface area contributed by atoms with Crippen molar-refractivity contribution in [2.24, 2.45) is 0 Å². The number of carbonyl (C=O) groups excluding carboxylic acids is 1. The van der Waals surface area contributed by atoms with Gasteiger partial charge in [0.05, 0.1) is 11.6 Å². The van der Waals surface area contributed by atoms with Gasteiger partial charge in [-0.1, -0.05) is 32.0 Å². The summed E-state index contributed by atoms with van der Waals surface area (Å²) in [5.74, 6) is 0.0319. The zero-order valence-electron chi connectivity index (χ0n) is 14.9. The molecule has 3 rings (SSSR count). The Morgan fingerprint density at radius 1 is 1.20 bits per heavy atom. The molecular weight excluding hydrogens is 348 g/mol. The maximum absolute atomic E-state index is 12.8. The summed E-state index contributed by atoms with van der Waals surface area (Å²) in [6.07, 6.45) is 2.51. The van der Waals surface area contributed by atoms with Crippen LogP contribution in [0.1, 0.15) is 48.0 Å². The van der Waals surface area contributed by atoms with Crippen LogP contribution < -0.4 is 5.32 Å². The van der Waals surface area contributed by atoms with Gasteiger partial charge in [-0.15, -0.1) is 23.1 Å². The van der Waals surface area contributed by atoms with E-state index in [9.17, 15) is 4.79 Å². The SMILES string of the molecule is CC(C)Sc1ccccc1C(=O)NCC(c1cccs1)N1CCCC1. The molecule has 1 aliphatic heterocycles. The van der Waals surface area contributed by atoms with Crippen molar-refractivity contribution >= 4 is 29.0 Å². The molecule has 1 unspecified atom stereocenters. The van der Waals surface area contributed by atoms with E-state index in [0.29, 0.717) is 11.8 Å². The zero-order chi connectivity index (χ0) is 17.6. The van der Waals surface area contributed by atoms with E-state index in [1.54, 1.807) is 23.1 Å². The molecule has 0 aliphatic carbocycles. The van der Waals surface area contributed by atoms with E-state index in [1.807, 2.05) is 24.3 Å². The number of thiophene rings is 1. The van der Waals surface area contributed by atoms with Gasteiger partial charge >= 0.3 is 0 Å². The maximum atomic E-state index is 12.8. The second-order valence-electron chi connectivity index (χ2n) is 6.65. The second-order valence-corrected chi connectivity index (χ2v) is 9.24. The molecule has 1 aliphatic rings. The second kappa shape index (κ2) is 8.88. The molecule has 134 valence electrons. The molecule has 0 bridgehead atoms. The molecule has 2 heterocycles. The fraction of sp³-hybridized carbons (Fsp3) is 0.450. The molecule has 1 N–H and O–H groups in total. The average molecular weight is 375 g/mol. The Bertz CT molecular complexity index is 679. The Balaban J connectivity index is 1.70. The number of hydrogen-bond donors (Lipinski definition) is 1. The van der Waals surface area contributed by atoms with Crippen molar-refractivity contribution in [3.05, 3.63) is 52.2 Å². The average Bonchev–Trinajstić information content (AvgIpc) is 3.29. The van der Waals surface area contributed by atoms with Crippen LogP contribution in [0.2, 0.25) is 0 Å². The van der Waals surface area contributed by atoms with E-state index in [2.05, 4.69) is 41.6 Å². The van der Waals surface area contributed by atoms with Gasteiger partial charge in [-0.3, -0.25) is 9.69 Å². The summed E-state index contributed by atoms with van der Waals surface area (Å²) < 4.78 is 0. The fourth-order valence-electron chi connectivity index (χ4n) is 3.24. The van der Waals surface area contributed by atoms with Gasteiger partial charge in [0.2, 0.25) is 0 Å². The molecule has 1 atom stereocenters. The summed E-state index contributed by atoms with van der Waals surface area (Å²) in [7, 11) is 0. The number of carbonyl (C=O) groups is 1. The van der Waals surface area contributed by atoms with Crippen LogP contribution in [0, 0.1) is 0 Å². The van der Waals surface area contributed by atoms with Crippen LogP contribution in [-0.2, 0) is 0 Å². The highest BCUT2D eigenvalue weighted by molar-refractivity contribution is 8.00. The third-order valence-electron chi connectivity index (χ3n) is 4.40.